The minimum absolute atomic E-state index is 0. The van der Waals surface area contributed by atoms with E-state index >= 15 is 0 Å². The number of fused-ring (bicyclic) bond motifs is 1. The summed E-state index contributed by atoms with van der Waals surface area (Å²) in [4.78, 5) is 18.7. The highest BCUT2D eigenvalue weighted by molar-refractivity contribution is 7.90. The molecule has 3 rings (SSSR count). The summed E-state index contributed by atoms with van der Waals surface area (Å²) in [5.74, 6) is 0.653. The summed E-state index contributed by atoms with van der Waals surface area (Å²) in [6, 6.07) is 6.66. The van der Waals surface area contributed by atoms with Crippen molar-refractivity contribution in [1.29, 1.82) is 0 Å². The fraction of sp³-hybridized carbons (Fsp3) is 0.500. The Balaban J connectivity index is 0.00000225. The maximum Gasteiger partial charge on any atom is 0.263 e. The van der Waals surface area contributed by atoms with Gasteiger partial charge in [-0.15, -0.1) is 12.4 Å². The molecule has 2 N–H and O–H groups in total. The number of hydrogen-bond acceptors (Lipinski definition) is 5. The number of rotatable bonds is 4. The van der Waals surface area contributed by atoms with Crippen molar-refractivity contribution in [1.82, 2.24) is 14.9 Å². The van der Waals surface area contributed by atoms with Crippen molar-refractivity contribution in [3.63, 3.8) is 0 Å². The molecule has 1 amide bonds. The third kappa shape index (κ3) is 4.31. The first-order chi connectivity index (χ1) is 11.5. The van der Waals surface area contributed by atoms with Gasteiger partial charge in [-0.2, -0.15) is 0 Å². The van der Waals surface area contributed by atoms with Crippen LogP contribution in [0, 0.1) is 5.92 Å². The predicted molar refractivity (Wildman–Crippen MR) is 98.6 cm³/mol. The topological polar surface area (TPSA) is 90.9 Å². The van der Waals surface area contributed by atoms with Crippen LogP contribution in [0.5, 0.6) is 0 Å². The van der Waals surface area contributed by atoms with E-state index in [9.17, 15) is 13.2 Å². The van der Waals surface area contributed by atoms with E-state index < -0.39 is 10.0 Å². The number of carbonyl (C=O) groups excluding carboxylic acids is 1. The van der Waals surface area contributed by atoms with Gasteiger partial charge in [-0.3, -0.25) is 14.5 Å². The molecule has 1 unspecified atom stereocenters. The third-order valence-corrected chi connectivity index (χ3v) is 5.80. The predicted octanol–water partition coefficient (Wildman–Crippen LogP) is 0.605. The number of amidine groups is 1. The fourth-order valence-electron chi connectivity index (χ4n) is 3.24. The number of likely N-dealkylation sites (tertiary alicyclic amines) is 1. The number of amides is 1. The zero-order valence-electron chi connectivity index (χ0n) is 14.1. The van der Waals surface area contributed by atoms with Crippen LogP contribution in [0.3, 0.4) is 0 Å². The molecule has 2 aliphatic rings. The molecule has 9 heteroatoms. The number of sulfonamides is 1. The average molecular weight is 387 g/mol. The van der Waals surface area contributed by atoms with Gasteiger partial charge in [0, 0.05) is 18.7 Å². The van der Waals surface area contributed by atoms with Crippen molar-refractivity contribution in [2.75, 3.05) is 33.2 Å². The highest BCUT2D eigenvalue weighted by Gasteiger charge is 2.30. The van der Waals surface area contributed by atoms with Crippen LogP contribution < -0.4 is 10.0 Å². The Morgan fingerprint density at radius 2 is 2.16 bits per heavy atom. The molecule has 0 bridgehead atoms. The van der Waals surface area contributed by atoms with E-state index in [1.807, 2.05) is 11.9 Å². The molecule has 138 valence electrons. The number of piperidine rings is 1. The molecule has 2 heterocycles. The smallest absolute Gasteiger partial charge is 0.263 e. The summed E-state index contributed by atoms with van der Waals surface area (Å²) < 4.78 is 26.5. The summed E-state index contributed by atoms with van der Waals surface area (Å²) in [6.07, 6.45) is 2.11. The lowest BCUT2D eigenvalue weighted by atomic mass is 9.98. The molecule has 0 saturated carbocycles. The SMILES string of the molecule is CNCC1CCCN(C(=O)CN=C2NS(=O)(=O)c3ccccc32)C1.Cl. The average Bonchev–Trinajstić information content (AvgIpc) is 2.84. The monoisotopic (exact) mass is 386 g/mol. The fourth-order valence-corrected chi connectivity index (χ4v) is 4.50. The van der Waals surface area contributed by atoms with Crippen LogP contribution in [0.25, 0.3) is 0 Å². The van der Waals surface area contributed by atoms with Gasteiger partial charge in [-0.05, 0) is 44.5 Å². The normalized spacial score (nSPS) is 22.8. The molecule has 2 aliphatic heterocycles. The van der Waals surface area contributed by atoms with Gasteiger partial charge >= 0.3 is 0 Å². The minimum Gasteiger partial charge on any atom is -0.341 e. The molecule has 7 nitrogen and oxygen atoms in total. The lowest BCUT2D eigenvalue weighted by Crippen LogP contribution is -2.43. The molecular weight excluding hydrogens is 364 g/mol. The van der Waals surface area contributed by atoms with E-state index in [1.54, 1.807) is 18.2 Å². The van der Waals surface area contributed by atoms with Crippen molar-refractivity contribution in [2.24, 2.45) is 10.9 Å². The molecular formula is C16H23ClN4O3S. The van der Waals surface area contributed by atoms with E-state index in [-0.39, 0.29) is 35.6 Å². The first-order valence-corrected chi connectivity index (χ1v) is 9.58. The lowest BCUT2D eigenvalue weighted by Gasteiger charge is -2.32. The largest absolute Gasteiger partial charge is 0.341 e. The highest BCUT2D eigenvalue weighted by Crippen LogP contribution is 2.22. The maximum absolute atomic E-state index is 12.4. The molecule has 25 heavy (non-hydrogen) atoms. The van der Waals surface area contributed by atoms with Crippen LogP contribution in [-0.4, -0.2) is 58.3 Å². The van der Waals surface area contributed by atoms with E-state index in [2.05, 4.69) is 15.0 Å². The Labute approximate surface area is 154 Å². The summed E-state index contributed by atoms with van der Waals surface area (Å²) >= 11 is 0. The van der Waals surface area contributed by atoms with Gasteiger partial charge in [-0.1, -0.05) is 12.1 Å². The van der Waals surface area contributed by atoms with Crippen LogP contribution in [0.1, 0.15) is 18.4 Å². The zero-order valence-corrected chi connectivity index (χ0v) is 15.7. The van der Waals surface area contributed by atoms with Gasteiger partial charge in [0.15, 0.2) is 0 Å². The van der Waals surface area contributed by atoms with Gasteiger partial charge in [0.05, 0.1) is 4.90 Å². The van der Waals surface area contributed by atoms with Crippen LogP contribution in [0.2, 0.25) is 0 Å². The van der Waals surface area contributed by atoms with E-state index in [0.717, 1.165) is 32.5 Å². The lowest BCUT2D eigenvalue weighted by molar-refractivity contribution is -0.131. The first-order valence-electron chi connectivity index (χ1n) is 8.10. The van der Waals surface area contributed by atoms with Gasteiger partial charge in [-0.25, -0.2) is 8.42 Å². The molecule has 0 aliphatic carbocycles. The highest BCUT2D eigenvalue weighted by atomic mass is 35.5. The number of benzene rings is 1. The van der Waals surface area contributed by atoms with Gasteiger partial charge in [0.2, 0.25) is 5.91 Å². The quantitative estimate of drug-likeness (QED) is 0.793. The Kier molecular flexibility index (Phi) is 6.42. The van der Waals surface area contributed by atoms with Gasteiger partial charge in [0.1, 0.15) is 12.4 Å². The van der Waals surface area contributed by atoms with E-state index in [4.69, 9.17) is 0 Å². The molecule has 1 aromatic rings. The Hall–Kier alpha value is -1.64. The second-order valence-electron chi connectivity index (χ2n) is 6.17. The molecule has 1 saturated heterocycles. The van der Waals surface area contributed by atoms with Crippen LogP contribution in [0.4, 0.5) is 0 Å². The number of nitrogens with zero attached hydrogens (tertiary/aromatic N) is 2. The Bertz CT molecular complexity index is 764. The van der Waals surface area contributed by atoms with Crippen LogP contribution >= 0.6 is 12.4 Å². The zero-order chi connectivity index (χ0) is 17.2. The van der Waals surface area contributed by atoms with Crippen molar-refractivity contribution in [2.45, 2.75) is 17.7 Å². The molecule has 1 aromatic carbocycles. The number of carbonyl (C=O) groups is 1. The van der Waals surface area contributed by atoms with Gasteiger partial charge in [0.25, 0.3) is 10.0 Å². The molecule has 0 spiro atoms. The summed E-state index contributed by atoms with van der Waals surface area (Å²) in [6.45, 7) is 2.32. The Morgan fingerprint density at radius 3 is 2.92 bits per heavy atom. The summed E-state index contributed by atoms with van der Waals surface area (Å²) in [5.41, 5.74) is 0.525. The molecule has 0 radical (unpaired) electrons. The summed E-state index contributed by atoms with van der Waals surface area (Å²) in [5, 5.41) is 3.15. The van der Waals surface area contributed by atoms with E-state index in [1.165, 1.54) is 6.07 Å². The number of nitrogens with one attached hydrogen (secondary N) is 2. The van der Waals surface area contributed by atoms with Gasteiger partial charge < -0.3 is 10.2 Å². The van der Waals surface area contributed by atoms with Crippen molar-refractivity contribution >= 4 is 34.2 Å². The number of hydrogen-bond donors (Lipinski definition) is 2. The Morgan fingerprint density at radius 1 is 1.40 bits per heavy atom. The third-order valence-electron chi connectivity index (χ3n) is 4.40. The van der Waals surface area contributed by atoms with Crippen LogP contribution in [0.15, 0.2) is 34.2 Å². The summed E-state index contributed by atoms with van der Waals surface area (Å²) in [7, 11) is -1.64. The van der Waals surface area contributed by atoms with Crippen LogP contribution in [-0.2, 0) is 14.8 Å². The minimum atomic E-state index is -3.56. The molecule has 0 aromatic heterocycles. The number of aliphatic imine (C=N–C) groups is 1. The second-order valence-corrected chi connectivity index (χ2v) is 7.82. The second kappa shape index (κ2) is 8.16. The maximum atomic E-state index is 12.4. The molecule has 1 fully saturated rings. The first kappa shape index (κ1) is 19.7. The van der Waals surface area contributed by atoms with Crippen molar-refractivity contribution < 1.29 is 13.2 Å². The van der Waals surface area contributed by atoms with Crippen molar-refractivity contribution in [3.8, 4) is 0 Å². The molecule has 1 atom stereocenters. The number of halogens is 1. The van der Waals surface area contributed by atoms with E-state index in [0.29, 0.717) is 11.5 Å². The standard InChI is InChI=1S/C16H22N4O3S.ClH/c1-17-9-12-5-4-8-20(11-12)15(21)10-18-16-13-6-2-3-7-14(13)24(22,23)19-16;/h2-3,6-7,12,17H,4-5,8-11H2,1H3,(H,18,19);1H. The van der Waals surface area contributed by atoms with Crippen molar-refractivity contribution in [3.05, 3.63) is 29.8 Å².